The molecule has 0 amide bonds. The average molecular weight is 714 g/mol. The third-order valence-electron chi connectivity index (χ3n) is 11.4. The summed E-state index contributed by atoms with van der Waals surface area (Å²) >= 11 is 0. The number of fused-ring (bicyclic) bond motifs is 9. The summed E-state index contributed by atoms with van der Waals surface area (Å²) < 4.78 is 8.96. The first-order valence-corrected chi connectivity index (χ1v) is 19.0. The minimum atomic E-state index is 0.706. The maximum atomic E-state index is 6.53. The molecule has 0 saturated heterocycles. The maximum Gasteiger partial charge on any atom is 0.160 e. The minimum absolute atomic E-state index is 0.706. The zero-order valence-electron chi connectivity index (χ0n) is 30.1. The summed E-state index contributed by atoms with van der Waals surface area (Å²) in [7, 11) is 0. The maximum absolute atomic E-state index is 6.53. The number of rotatable bonds is 5. The predicted molar refractivity (Wildman–Crippen MR) is 231 cm³/mol. The van der Waals surface area contributed by atoms with Crippen molar-refractivity contribution in [1.82, 2.24) is 14.4 Å². The molecular weight excluding hydrogens is 683 g/mol. The number of benzene rings is 8. The zero-order valence-corrected chi connectivity index (χ0v) is 30.1. The lowest BCUT2D eigenvalue weighted by Gasteiger charge is -2.14. The molecule has 8 aromatic carbocycles. The summed E-state index contributed by atoms with van der Waals surface area (Å²) in [5.74, 6) is 0.706. The van der Waals surface area contributed by atoms with E-state index in [0.717, 1.165) is 61.1 Å². The average Bonchev–Trinajstić information content (AvgIpc) is 3.93. The highest BCUT2D eigenvalue weighted by molar-refractivity contribution is 6.26. The number of aromatic nitrogens is 3. The number of hydrogen-bond donors (Lipinski definition) is 0. The summed E-state index contributed by atoms with van der Waals surface area (Å²) in [4.78, 5) is 10.1. The van der Waals surface area contributed by atoms with Crippen molar-refractivity contribution >= 4 is 60.0 Å². The van der Waals surface area contributed by atoms with Gasteiger partial charge >= 0.3 is 0 Å². The molecule has 0 N–H and O–H groups in total. The molecule has 0 aliphatic heterocycles. The van der Waals surface area contributed by atoms with E-state index in [-0.39, 0.29) is 0 Å². The van der Waals surface area contributed by atoms with Crippen molar-refractivity contribution < 1.29 is 4.42 Å². The van der Waals surface area contributed by atoms with Crippen LogP contribution in [0, 0.1) is 0 Å². The summed E-state index contributed by atoms with van der Waals surface area (Å²) in [5.41, 5.74) is 14.9. The number of furan rings is 1. The van der Waals surface area contributed by atoms with Gasteiger partial charge in [-0.25, -0.2) is 9.97 Å². The standard InChI is InChI=1S/C52H31N3O/c1-3-13-33(14-4-1)43-31-44(54-52(53-43)35-15-5-2-6-16-35)34-25-23-32(24-26-34)37-27-28-48-50(40-19-9-12-22-47(40)56-48)49(37)36-29-41-38-17-7-10-20-45(38)55-46-21-11-8-18-39(46)42(30-36)51(41)55/h1-31H. The van der Waals surface area contributed by atoms with Crippen LogP contribution in [-0.4, -0.2) is 14.4 Å². The van der Waals surface area contributed by atoms with Gasteiger partial charge in [-0.2, -0.15) is 0 Å². The molecule has 4 aromatic heterocycles. The van der Waals surface area contributed by atoms with E-state index in [0.29, 0.717) is 5.82 Å². The Kier molecular flexibility index (Phi) is 6.60. The van der Waals surface area contributed by atoms with Crippen LogP contribution in [0.15, 0.2) is 192 Å². The highest BCUT2D eigenvalue weighted by atomic mass is 16.3. The third-order valence-corrected chi connectivity index (χ3v) is 11.4. The highest BCUT2D eigenvalue weighted by Crippen LogP contribution is 2.47. The third kappa shape index (κ3) is 4.60. The van der Waals surface area contributed by atoms with Crippen LogP contribution in [-0.2, 0) is 0 Å². The van der Waals surface area contributed by atoms with Crippen LogP contribution in [0.3, 0.4) is 0 Å². The van der Waals surface area contributed by atoms with E-state index in [1.54, 1.807) is 0 Å². The molecule has 0 saturated carbocycles. The summed E-state index contributed by atoms with van der Waals surface area (Å²) in [6, 6.07) is 66.6. The van der Waals surface area contributed by atoms with Crippen molar-refractivity contribution in [2.45, 2.75) is 0 Å². The van der Waals surface area contributed by atoms with E-state index in [1.807, 2.05) is 42.5 Å². The van der Waals surface area contributed by atoms with E-state index in [2.05, 4.69) is 150 Å². The van der Waals surface area contributed by atoms with Crippen LogP contribution in [0.2, 0.25) is 0 Å². The molecule has 0 radical (unpaired) electrons. The van der Waals surface area contributed by atoms with E-state index < -0.39 is 0 Å². The van der Waals surface area contributed by atoms with Gasteiger partial charge in [-0.3, -0.25) is 0 Å². The molecule has 12 rings (SSSR count). The lowest BCUT2D eigenvalue weighted by molar-refractivity contribution is 0.669. The molecular formula is C52H31N3O. The summed E-state index contributed by atoms with van der Waals surface area (Å²) in [6.45, 7) is 0. The van der Waals surface area contributed by atoms with E-state index in [9.17, 15) is 0 Å². The number of nitrogens with zero attached hydrogens (tertiary/aromatic N) is 3. The van der Waals surface area contributed by atoms with Gasteiger partial charge in [-0.05, 0) is 59.2 Å². The molecule has 12 aromatic rings. The van der Waals surface area contributed by atoms with Crippen LogP contribution in [0.25, 0.3) is 116 Å². The molecule has 0 aliphatic carbocycles. The zero-order chi connectivity index (χ0) is 36.7. The van der Waals surface area contributed by atoms with Gasteiger partial charge in [0.25, 0.3) is 0 Å². The lowest BCUT2D eigenvalue weighted by Crippen LogP contribution is -1.96. The van der Waals surface area contributed by atoms with Gasteiger partial charge in [0.1, 0.15) is 11.2 Å². The SMILES string of the molecule is c1ccc(-c2cc(-c3ccc(-c4ccc5oc6ccccc6c5c4-c4cc5c6ccccc6n6c7ccccc7c(c4)c56)cc3)nc(-c3ccccc3)n2)cc1. The Morgan fingerprint density at radius 2 is 0.911 bits per heavy atom. The normalized spacial score (nSPS) is 11.9. The van der Waals surface area contributed by atoms with Crippen LogP contribution in [0.1, 0.15) is 0 Å². The molecule has 0 spiro atoms. The molecule has 4 heterocycles. The Hall–Kier alpha value is -7.56. The number of para-hydroxylation sites is 3. The van der Waals surface area contributed by atoms with Crippen LogP contribution < -0.4 is 0 Å². The Balaban J connectivity index is 1.09. The fraction of sp³-hybridized carbons (Fsp3) is 0. The van der Waals surface area contributed by atoms with E-state index >= 15 is 0 Å². The Morgan fingerprint density at radius 3 is 1.57 bits per heavy atom. The highest BCUT2D eigenvalue weighted by Gasteiger charge is 2.23. The quantitative estimate of drug-likeness (QED) is 0.178. The molecule has 0 fully saturated rings. The van der Waals surface area contributed by atoms with Crippen LogP contribution in [0.4, 0.5) is 0 Å². The van der Waals surface area contributed by atoms with Crippen molar-refractivity contribution in [3.63, 3.8) is 0 Å². The molecule has 0 atom stereocenters. The van der Waals surface area contributed by atoms with Gasteiger partial charge in [0.05, 0.1) is 27.9 Å². The second kappa shape index (κ2) is 12.0. The monoisotopic (exact) mass is 713 g/mol. The molecule has 0 unspecified atom stereocenters. The van der Waals surface area contributed by atoms with Crippen LogP contribution >= 0.6 is 0 Å². The molecule has 4 heteroatoms. The van der Waals surface area contributed by atoms with Gasteiger partial charge in [0.15, 0.2) is 5.82 Å². The van der Waals surface area contributed by atoms with Gasteiger partial charge in [-0.1, -0.05) is 146 Å². The first kappa shape index (κ1) is 30.9. The molecule has 4 nitrogen and oxygen atoms in total. The van der Waals surface area contributed by atoms with Crippen LogP contribution in [0.5, 0.6) is 0 Å². The smallest absolute Gasteiger partial charge is 0.160 e. The first-order chi connectivity index (χ1) is 27.8. The largest absolute Gasteiger partial charge is 0.456 e. The summed E-state index contributed by atoms with van der Waals surface area (Å²) in [6.07, 6.45) is 0. The fourth-order valence-electron chi connectivity index (χ4n) is 8.84. The lowest BCUT2D eigenvalue weighted by atomic mass is 9.89. The molecule has 56 heavy (non-hydrogen) atoms. The van der Waals surface area contributed by atoms with Crippen molar-refractivity contribution in [2.24, 2.45) is 0 Å². The number of hydrogen-bond acceptors (Lipinski definition) is 3. The molecule has 0 bridgehead atoms. The fourth-order valence-corrected chi connectivity index (χ4v) is 8.84. The second-order valence-corrected chi connectivity index (χ2v) is 14.5. The second-order valence-electron chi connectivity index (χ2n) is 14.5. The van der Waals surface area contributed by atoms with Gasteiger partial charge in [-0.15, -0.1) is 0 Å². The van der Waals surface area contributed by atoms with Crippen molar-refractivity contribution in [1.29, 1.82) is 0 Å². The summed E-state index contributed by atoms with van der Waals surface area (Å²) in [5, 5.41) is 7.25. The molecule has 260 valence electrons. The van der Waals surface area contributed by atoms with E-state index in [1.165, 1.54) is 49.2 Å². The van der Waals surface area contributed by atoms with Crippen molar-refractivity contribution in [3.8, 4) is 56.2 Å². The van der Waals surface area contributed by atoms with E-state index in [4.69, 9.17) is 14.4 Å². The molecule has 0 aliphatic rings. The Bertz CT molecular complexity index is 3310. The van der Waals surface area contributed by atoms with Gasteiger partial charge in [0, 0.05) is 54.6 Å². The van der Waals surface area contributed by atoms with Gasteiger partial charge in [0.2, 0.25) is 0 Å². The van der Waals surface area contributed by atoms with Crippen molar-refractivity contribution in [3.05, 3.63) is 188 Å². The topological polar surface area (TPSA) is 43.3 Å². The Morgan fingerprint density at radius 1 is 0.375 bits per heavy atom. The Labute approximate surface area is 321 Å². The predicted octanol–water partition coefficient (Wildman–Crippen LogP) is 13.9. The first-order valence-electron chi connectivity index (χ1n) is 19.0. The van der Waals surface area contributed by atoms with Gasteiger partial charge < -0.3 is 8.82 Å². The minimum Gasteiger partial charge on any atom is -0.456 e. The van der Waals surface area contributed by atoms with Crippen molar-refractivity contribution in [2.75, 3.05) is 0 Å².